The maximum atomic E-state index is 7.88. The number of hydrogen-bond acceptors (Lipinski definition) is 2. The van der Waals surface area contributed by atoms with Crippen LogP contribution in [0.5, 0.6) is 0 Å². The van der Waals surface area contributed by atoms with Crippen molar-refractivity contribution >= 4 is 5.84 Å². The van der Waals surface area contributed by atoms with Gasteiger partial charge in [0.2, 0.25) is 0 Å². The van der Waals surface area contributed by atoms with Gasteiger partial charge in [-0.05, 0) is 26.2 Å². The lowest BCUT2D eigenvalue weighted by atomic mass is 10.2. The number of hydrogen-bond donors (Lipinski definition) is 1. The van der Waals surface area contributed by atoms with E-state index in [0.29, 0.717) is 6.10 Å². The van der Waals surface area contributed by atoms with Crippen LogP contribution in [0, 0.1) is 5.41 Å². The molecule has 1 rings (SSSR count). The number of nitrogens with one attached hydrogen (secondary N) is 1. The van der Waals surface area contributed by atoms with E-state index >= 15 is 0 Å². The highest BCUT2D eigenvalue weighted by atomic mass is 16.5. The summed E-state index contributed by atoms with van der Waals surface area (Å²) < 4.78 is 5.58. The van der Waals surface area contributed by atoms with Gasteiger partial charge in [-0.25, -0.2) is 0 Å². The summed E-state index contributed by atoms with van der Waals surface area (Å²) in [5.74, 6) is 0.769. The maximum Gasteiger partial charge on any atom is 0.0958 e. The zero-order valence-electron chi connectivity index (χ0n) is 9.38. The first-order valence-corrected chi connectivity index (χ1v) is 5.71. The number of amidine groups is 1. The second-order valence-electron chi connectivity index (χ2n) is 3.87. The molecule has 0 aromatic heterocycles. The fraction of sp³-hybridized carbons (Fsp3) is 0.909. The van der Waals surface area contributed by atoms with Crippen LogP contribution in [0.25, 0.3) is 0 Å². The smallest absolute Gasteiger partial charge is 0.0958 e. The number of nitrogens with zero attached hydrogens (tertiary/aromatic N) is 1. The predicted molar refractivity (Wildman–Crippen MR) is 58.9 cm³/mol. The second-order valence-corrected chi connectivity index (χ2v) is 3.87. The van der Waals surface area contributed by atoms with Crippen LogP contribution in [-0.4, -0.2) is 36.5 Å². The van der Waals surface area contributed by atoms with E-state index in [1.807, 2.05) is 0 Å². The summed E-state index contributed by atoms with van der Waals surface area (Å²) in [4.78, 5) is 2.14. The van der Waals surface area contributed by atoms with Gasteiger partial charge in [0.15, 0.2) is 0 Å². The molecule has 14 heavy (non-hydrogen) atoms. The zero-order valence-corrected chi connectivity index (χ0v) is 9.38. The van der Waals surface area contributed by atoms with Gasteiger partial charge in [0.25, 0.3) is 0 Å². The SMILES string of the molecule is CCCC(=N)N(CC)CC1CCCO1. The van der Waals surface area contributed by atoms with Gasteiger partial charge in [-0.15, -0.1) is 0 Å². The first kappa shape index (κ1) is 11.5. The molecule has 3 heteroatoms. The van der Waals surface area contributed by atoms with Crippen molar-refractivity contribution in [3.63, 3.8) is 0 Å². The third-order valence-corrected chi connectivity index (χ3v) is 2.70. The van der Waals surface area contributed by atoms with E-state index in [0.717, 1.165) is 44.8 Å². The molecule has 0 aliphatic carbocycles. The Bertz CT molecular complexity index is 176. The van der Waals surface area contributed by atoms with Crippen molar-refractivity contribution < 1.29 is 4.74 Å². The van der Waals surface area contributed by atoms with Crippen LogP contribution in [0.3, 0.4) is 0 Å². The van der Waals surface area contributed by atoms with Gasteiger partial charge in [0, 0.05) is 26.1 Å². The molecule has 1 saturated heterocycles. The Morgan fingerprint density at radius 3 is 2.79 bits per heavy atom. The van der Waals surface area contributed by atoms with Crippen molar-refractivity contribution in [1.29, 1.82) is 5.41 Å². The Morgan fingerprint density at radius 2 is 2.29 bits per heavy atom. The van der Waals surface area contributed by atoms with Gasteiger partial charge in [0.05, 0.1) is 11.9 Å². The minimum Gasteiger partial charge on any atom is -0.376 e. The van der Waals surface area contributed by atoms with E-state index < -0.39 is 0 Å². The summed E-state index contributed by atoms with van der Waals surface area (Å²) in [6.45, 7) is 6.98. The van der Waals surface area contributed by atoms with Gasteiger partial charge in [0.1, 0.15) is 0 Å². The predicted octanol–water partition coefficient (Wildman–Crippen LogP) is 2.26. The molecular weight excluding hydrogens is 176 g/mol. The normalized spacial score (nSPS) is 21.1. The summed E-state index contributed by atoms with van der Waals surface area (Å²) >= 11 is 0. The van der Waals surface area contributed by atoms with Crippen molar-refractivity contribution in [2.24, 2.45) is 0 Å². The molecule has 0 bridgehead atoms. The quantitative estimate of drug-likeness (QED) is 0.543. The van der Waals surface area contributed by atoms with Crippen LogP contribution in [0.2, 0.25) is 0 Å². The zero-order chi connectivity index (χ0) is 10.4. The van der Waals surface area contributed by atoms with Crippen LogP contribution in [0.4, 0.5) is 0 Å². The van der Waals surface area contributed by atoms with Crippen molar-refractivity contribution in [1.82, 2.24) is 4.90 Å². The highest BCUT2D eigenvalue weighted by Crippen LogP contribution is 2.13. The van der Waals surface area contributed by atoms with Crippen LogP contribution in [0.15, 0.2) is 0 Å². The van der Waals surface area contributed by atoms with Gasteiger partial charge < -0.3 is 9.64 Å². The Balaban J connectivity index is 2.33. The lowest BCUT2D eigenvalue weighted by Gasteiger charge is -2.26. The monoisotopic (exact) mass is 198 g/mol. The minimum absolute atomic E-state index is 0.368. The van der Waals surface area contributed by atoms with Crippen molar-refractivity contribution in [2.75, 3.05) is 19.7 Å². The Hall–Kier alpha value is -0.570. The molecule has 1 heterocycles. The fourth-order valence-corrected chi connectivity index (χ4v) is 1.86. The molecule has 0 saturated carbocycles. The topological polar surface area (TPSA) is 36.3 Å². The molecule has 0 radical (unpaired) electrons. The van der Waals surface area contributed by atoms with E-state index in [9.17, 15) is 0 Å². The van der Waals surface area contributed by atoms with Crippen LogP contribution in [-0.2, 0) is 4.74 Å². The van der Waals surface area contributed by atoms with Crippen LogP contribution < -0.4 is 0 Å². The molecule has 0 aromatic carbocycles. The van der Waals surface area contributed by atoms with Crippen LogP contribution in [0.1, 0.15) is 39.5 Å². The molecule has 1 unspecified atom stereocenters. The summed E-state index contributed by atoms with van der Waals surface area (Å²) in [6.07, 6.45) is 4.66. The molecule has 1 fully saturated rings. The molecule has 0 spiro atoms. The van der Waals surface area contributed by atoms with E-state index in [1.54, 1.807) is 0 Å². The summed E-state index contributed by atoms with van der Waals surface area (Å²) in [7, 11) is 0. The minimum atomic E-state index is 0.368. The number of likely N-dealkylation sites (N-methyl/N-ethyl adjacent to an activating group) is 1. The molecule has 3 nitrogen and oxygen atoms in total. The standard InChI is InChI=1S/C11H22N2O/c1-3-6-11(12)13(4-2)9-10-7-5-8-14-10/h10,12H,3-9H2,1-2H3. The van der Waals surface area contributed by atoms with E-state index in [2.05, 4.69) is 18.7 Å². The highest BCUT2D eigenvalue weighted by Gasteiger charge is 2.19. The number of rotatable bonds is 5. The van der Waals surface area contributed by atoms with Crippen LogP contribution >= 0.6 is 0 Å². The van der Waals surface area contributed by atoms with Gasteiger partial charge in [-0.3, -0.25) is 5.41 Å². The summed E-state index contributed by atoms with van der Waals surface area (Å²) in [6, 6.07) is 0. The molecule has 0 amide bonds. The highest BCUT2D eigenvalue weighted by molar-refractivity contribution is 5.79. The number of ether oxygens (including phenoxy) is 1. The van der Waals surface area contributed by atoms with Gasteiger partial charge in [-0.1, -0.05) is 6.92 Å². The van der Waals surface area contributed by atoms with E-state index in [4.69, 9.17) is 10.1 Å². The lowest BCUT2D eigenvalue weighted by molar-refractivity contribution is 0.0916. The summed E-state index contributed by atoms with van der Waals surface area (Å²) in [5, 5.41) is 7.88. The third kappa shape index (κ3) is 3.29. The van der Waals surface area contributed by atoms with Gasteiger partial charge in [-0.2, -0.15) is 0 Å². The molecule has 1 atom stereocenters. The average Bonchev–Trinajstić information content (AvgIpc) is 2.66. The van der Waals surface area contributed by atoms with Crippen molar-refractivity contribution in [2.45, 2.75) is 45.6 Å². The Kier molecular flexibility index (Phi) is 4.94. The van der Waals surface area contributed by atoms with E-state index in [-0.39, 0.29) is 0 Å². The second kappa shape index (κ2) is 6.02. The first-order valence-electron chi connectivity index (χ1n) is 5.71. The van der Waals surface area contributed by atoms with Crippen molar-refractivity contribution in [3.8, 4) is 0 Å². The lowest BCUT2D eigenvalue weighted by Crippen LogP contribution is -2.36. The maximum absolute atomic E-state index is 7.88. The molecule has 1 aliphatic heterocycles. The van der Waals surface area contributed by atoms with Crippen molar-refractivity contribution in [3.05, 3.63) is 0 Å². The largest absolute Gasteiger partial charge is 0.376 e. The molecule has 0 aromatic rings. The Labute approximate surface area is 86.9 Å². The fourth-order valence-electron chi connectivity index (χ4n) is 1.86. The molecule has 1 N–H and O–H groups in total. The van der Waals surface area contributed by atoms with Gasteiger partial charge >= 0.3 is 0 Å². The molecule has 82 valence electrons. The molecule has 1 aliphatic rings. The van der Waals surface area contributed by atoms with E-state index in [1.165, 1.54) is 6.42 Å². The first-order chi connectivity index (χ1) is 6.77. The molecular formula is C11H22N2O. The average molecular weight is 198 g/mol. The Morgan fingerprint density at radius 1 is 1.50 bits per heavy atom. The third-order valence-electron chi connectivity index (χ3n) is 2.70. The summed E-state index contributed by atoms with van der Waals surface area (Å²) in [5.41, 5.74) is 0.